The Morgan fingerprint density at radius 3 is 2.24 bits per heavy atom. The van der Waals surface area contributed by atoms with Crippen LogP contribution in [0.4, 0.5) is 4.39 Å². The van der Waals surface area contributed by atoms with E-state index in [2.05, 4.69) is 0 Å². The fourth-order valence-corrected chi connectivity index (χ4v) is 6.29. The third-order valence-electron chi connectivity index (χ3n) is 5.97. The van der Waals surface area contributed by atoms with Gasteiger partial charge in [0, 0.05) is 13.1 Å². The lowest BCUT2D eigenvalue weighted by Crippen LogP contribution is -2.70. The number of nitrogens with zero attached hydrogens (tertiary/aromatic N) is 1. The Morgan fingerprint density at radius 2 is 1.72 bits per heavy atom. The Kier molecular flexibility index (Phi) is 3.65. The zero-order chi connectivity index (χ0) is 17.9. The van der Waals surface area contributed by atoms with Crippen LogP contribution >= 0.6 is 0 Å². The minimum atomic E-state index is -3.40. The van der Waals surface area contributed by atoms with Crippen molar-refractivity contribution in [2.45, 2.75) is 42.7 Å². The van der Waals surface area contributed by atoms with Gasteiger partial charge >= 0.3 is 0 Å². The van der Waals surface area contributed by atoms with Gasteiger partial charge in [-0.2, -0.15) is 0 Å². The van der Waals surface area contributed by atoms with Gasteiger partial charge in [-0.15, -0.1) is 0 Å². The summed E-state index contributed by atoms with van der Waals surface area (Å²) in [4.78, 5) is 14.6. The van der Waals surface area contributed by atoms with Crippen molar-refractivity contribution in [1.29, 1.82) is 0 Å². The highest BCUT2D eigenvalue weighted by atomic mass is 32.2. The number of hydrogen-bond acceptors (Lipinski definition) is 4. The van der Waals surface area contributed by atoms with Crippen molar-refractivity contribution < 1.29 is 22.7 Å². The summed E-state index contributed by atoms with van der Waals surface area (Å²) in [5.74, 6) is 0.170. The number of rotatable bonds is 4. The number of aromatic hydroxyl groups is 1. The van der Waals surface area contributed by atoms with Gasteiger partial charge in [-0.25, -0.2) is 12.8 Å². The molecule has 1 aliphatic heterocycles. The van der Waals surface area contributed by atoms with Crippen LogP contribution in [0.5, 0.6) is 5.75 Å². The van der Waals surface area contributed by atoms with Gasteiger partial charge in [0.2, 0.25) is 5.91 Å². The van der Waals surface area contributed by atoms with E-state index in [0.717, 1.165) is 0 Å². The summed E-state index contributed by atoms with van der Waals surface area (Å²) >= 11 is 0. The number of amides is 1. The Hall–Kier alpha value is -1.63. The van der Waals surface area contributed by atoms with Crippen molar-refractivity contribution in [3.63, 3.8) is 0 Å². The topological polar surface area (TPSA) is 74.7 Å². The van der Waals surface area contributed by atoms with E-state index in [1.807, 2.05) is 0 Å². The Balaban J connectivity index is 1.33. The minimum absolute atomic E-state index is 0.0170. The molecule has 0 atom stereocenters. The molecule has 5 rings (SSSR count). The summed E-state index contributed by atoms with van der Waals surface area (Å²) in [5.41, 5.74) is -1.52. The molecule has 5 nitrogen and oxygen atoms in total. The van der Waals surface area contributed by atoms with Crippen molar-refractivity contribution in [3.05, 3.63) is 24.3 Å². The number of benzene rings is 1. The molecule has 1 aromatic rings. The molecular weight excluding hydrogens is 345 g/mol. The number of hydrogen-bond donors (Lipinski definition) is 1. The summed E-state index contributed by atoms with van der Waals surface area (Å²) in [6.07, 6.45) is 2.41. The maximum absolute atomic E-state index is 13.6. The summed E-state index contributed by atoms with van der Waals surface area (Å²) < 4.78 is 38.6. The SMILES string of the molecule is O=C(N1CCC(CS(=O)(=O)c2ccc(O)cc2)CC1)C12CC(F)(C1)C2. The maximum atomic E-state index is 13.6. The van der Waals surface area contributed by atoms with Gasteiger partial charge in [-0.3, -0.25) is 4.79 Å². The van der Waals surface area contributed by atoms with Crippen LogP contribution in [0.1, 0.15) is 32.1 Å². The summed E-state index contributed by atoms with van der Waals surface area (Å²) in [6, 6.07) is 5.57. The van der Waals surface area contributed by atoms with Crippen molar-refractivity contribution in [2.24, 2.45) is 11.3 Å². The first-order chi connectivity index (χ1) is 11.7. The Bertz CT molecular complexity index is 777. The van der Waals surface area contributed by atoms with E-state index in [1.165, 1.54) is 24.3 Å². The van der Waals surface area contributed by atoms with Crippen molar-refractivity contribution in [2.75, 3.05) is 18.8 Å². The molecule has 1 heterocycles. The van der Waals surface area contributed by atoms with Gasteiger partial charge in [0.1, 0.15) is 11.4 Å². The highest BCUT2D eigenvalue weighted by Crippen LogP contribution is 2.70. The normalized spacial score (nSPS) is 32.0. The van der Waals surface area contributed by atoms with E-state index in [0.29, 0.717) is 45.2 Å². The maximum Gasteiger partial charge on any atom is 0.229 e. The smallest absolute Gasteiger partial charge is 0.229 e. The molecule has 0 radical (unpaired) electrons. The number of phenolic OH excluding ortho intramolecular Hbond substituents is 1. The molecule has 4 fully saturated rings. The first-order valence-corrected chi connectivity index (χ1v) is 10.4. The third-order valence-corrected chi connectivity index (χ3v) is 7.87. The fraction of sp³-hybridized carbons (Fsp3) is 0.611. The van der Waals surface area contributed by atoms with Crippen molar-refractivity contribution in [1.82, 2.24) is 4.90 Å². The second-order valence-electron chi connectivity index (χ2n) is 7.97. The highest BCUT2D eigenvalue weighted by molar-refractivity contribution is 7.91. The number of likely N-dealkylation sites (tertiary alicyclic amines) is 1. The zero-order valence-electron chi connectivity index (χ0n) is 13.9. The van der Waals surface area contributed by atoms with Crippen molar-refractivity contribution in [3.8, 4) is 5.75 Å². The Labute approximate surface area is 146 Å². The zero-order valence-corrected chi connectivity index (χ0v) is 14.8. The highest BCUT2D eigenvalue weighted by Gasteiger charge is 2.73. The monoisotopic (exact) mass is 367 g/mol. The van der Waals surface area contributed by atoms with Gasteiger partial charge in [0.25, 0.3) is 0 Å². The van der Waals surface area contributed by atoms with Crippen LogP contribution in [0.25, 0.3) is 0 Å². The summed E-state index contributed by atoms with van der Waals surface area (Å²) in [5, 5.41) is 9.28. The molecule has 2 bridgehead atoms. The third kappa shape index (κ3) is 2.82. The lowest BCUT2D eigenvalue weighted by Gasteiger charge is -2.65. The van der Waals surface area contributed by atoms with Crippen LogP contribution in [-0.4, -0.2) is 48.8 Å². The molecule has 136 valence electrons. The van der Waals surface area contributed by atoms with E-state index in [-0.39, 0.29) is 28.2 Å². The number of phenols is 1. The quantitative estimate of drug-likeness (QED) is 0.886. The number of sulfone groups is 1. The standard InChI is InChI=1S/C18H22FNO4S/c19-18-10-17(11-18,12-18)16(22)20-7-5-13(6-8-20)9-25(23,24)15-3-1-14(21)2-4-15/h1-4,13,21H,5-12H2. The molecule has 7 heteroatoms. The molecular formula is C18H22FNO4S. The number of carbonyl (C=O) groups excluding carboxylic acids is 1. The Morgan fingerprint density at radius 1 is 1.16 bits per heavy atom. The van der Waals surface area contributed by atoms with E-state index in [1.54, 1.807) is 4.90 Å². The average molecular weight is 367 g/mol. The first-order valence-electron chi connectivity index (χ1n) is 8.72. The minimum Gasteiger partial charge on any atom is -0.508 e. The molecule has 0 spiro atoms. The molecule has 0 unspecified atom stereocenters. The van der Waals surface area contributed by atoms with Gasteiger partial charge in [0.05, 0.1) is 16.1 Å². The van der Waals surface area contributed by atoms with E-state index in [9.17, 15) is 22.7 Å². The van der Waals surface area contributed by atoms with Gasteiger partial charge in [0.15, 0.2) is 9.84 Å². The van der Waals surface area contributed by atoms with Crippen molar-refractivity contribution >= 4 is 15.7 Å². The van der Waals surface area contributed by atoms with Crippen LogP contribution in [0.2, 0.25) is 0 Å². The van der Waals surface area contributed by atoms with E-state index < -0.39 is 20.9 Å². The van der Waals surface area contributed by atoms with Crippen LogP contribution in [0.15, 0.2) is 29.2 Å². The van der Waals surface area contributed by atoms with Gasteiger partial charge in [-0.05, 0) is 62.3 Å². The van der Waals surface area contributed by atoms with E-state index >= 15 is 0 Å². The predicted octanol–water partition coefficient (Wildman–Crippen LogP) is 2.30. The lowest BCUT2D eigenvalue weighted by molar-refractivity contribution is -0.222. The molecule has 1 amide bonds. The van der Waals surface area contributed by atoms with Gasteiger partial charge in [-0.1, -0.05) is 0 Å². The lowest BCUT2D eigenvalue weighted by atomic mass is 9.42. The number of halogens is 1. The average Bonchev–Trinajstić information content (AvgIpc) is 2.51. The molecule has 1 N–H and O–H groups in total. The summed E-state index contributed by atoms with van der Waals surface area (Å²) in [6.45, 7) is 1.10. The van der Waals surface area contributed by atoms with Crippen LogP contribution in [0, 0.1) is 11.3 Å². The second kappa shape index (κ2) is 5.43. The van der Waals surface area contributed by atoms with Crippen LogP contribution in [-0.2, 0) is 14.6 Å². The summed E-state index contributed by atoms with van der Waals surface area (Å²) in [7, 11) is -3.40. The van der Waals surface area contributed by atoms with Crippen LogP contribution in [0.3, 0.4) is 0 Å². The van der Waals surface area contributed by atoms with E-state index in [4.69, 9.17) is 0 Å². The molecule has 1 saturated heterocycles. The first kappa shape index (κ1) is 16.8. The predicted molar refractivity (Wildman–Crippen MR) is 89.6 cm³/mol. The largest absolute Gasteiger partial charge is 0.508 e. The molecule has 25 heavy (non-hydrogen) atoms. The molecule has 1 aromatic carbocycles. The fourth-order valence-electron chi connectivity index (χ4n) is 4.59. The van der Waals surface area contributed by atoms with Gasteiger partial charge < -0.3 is 10.0 Å². The molecule has 3 saturated carbocycles. The number of alkyl halides is 1. The van der Waals surface area contributed by atoms with Crippen LogP contribution < -0.4 is 0 Å². The molecule has 3 aliphatic carbocycles. The molecule has 4 aliphatic rings. The molecule has 0 aromatic heterocycles. The number of piperidine rings is 1. The number of carbonyl (C=O) groups is 1. The second-order valence-corrected chi connectivity index (χ2v) is 10.0.